The van der Waals surface area contributed by atoms with Crippen molar-refractivity contribution in [3.05, 3.63) is 16.9 Å². The van der Waals surface area contributed by atoms with Gasteiger partial charge in [0.1, 0.15) is 0 Å². The lowest BCUT2D eigenvalue weighted by atomic mass is 10.1. The molecule has 0 radical (unpaired) electrons. The van der Waals surface area contributed by atoms with Crippen LogP contribution in [0.25, 0.3) is 0 Å². The van der Waals surface area contributed by atoms with Crippen LogP contribution in [0, 0.1) is 6.92 Å². The lowest BCUT2D eigenvalue weighted by Crippen LogP contribution is -2.02. The molecular formula is C13H22BrClN2. The van der Waals surface area contributed by atoms with Crippen LogP contribution < -0.4 is 0 Å². The van der Waals surface area contributed by atoms with Gasteiger partial charge in [0.2, 0.25) is 0 Å². The lowest BCUT2D eigenvalue weighted by molar-refractivity contribution is 0.516. The van der Waals surface area contributed by atoms with Crippen LogP contribution in [0.1, 0.15) is 50.6 Å². The number of rotatable bonds is 9. The monoisotopic (exact) mass is 320 g/mol. The van der Waals surface area contributed by atoms with Crippen LogP contribution >= 0.6 is 27.5 Å². The van der Waals surface area contributed by atoms with Crippen molar-refractivity contribution in [2.75, 3.05) is 5.33 Å². The molecule has 4 heteroatoms. The fourth-order valence-electron chi connectivity index (χ4n) is 1.89. The van der Waals surface area contributed by atoms with Gasteiger partial charge >= 0.3 is 0 Å². The number of alkyl halides is 1. The van der Waals surface area contributed by atoms with Gasteiger partial charge in [0.15, 0.2) is 0 Å². The van der Waals surface area contributed by atoms with E-state index >= 15 is 0 Å². The number of hydrogen-bond acceptors (Lipinski definition) is 1. The molecular weight excluding hydrogens is 300 g/mol. The van der Waals surface area contributed by atoms with Gasteiger partial charge in [-0.05, 0) is 19.8 Å². The van der Waals surface area contributed by atoms with Crippen molar-refractivity contribution in [2.45, 2.75) is 58.4 Å². The molecule has 0 amide bonds. The summed E-state index contributed by atoms with van der Waals surface area (Å²) in [4.78, 5) is 0. The summed E-state index contributed by atoms with van der Waals surface area (Å²) in [5.41, 5.74) is 1.09. The second kappa shape index (κ2) is 8.98. The molecule has 0 aliphatic rings. The summed E-state index contributed by atoms with van der Waals surface area (Å²) in [5, 5.41) is 6.18. The maximum absolute atomic E-state index is 5.95. The Morgan fingerprint density at radius 3 is 2.24 bits per heavy atom. The van der Waals surface area contributed by atoms with Crippen LogP contribution in [0.4, 0.5) is 0 Å². The Bertz CT molecular complexity index is 312. The average Bonchev–Trinajstić information content (AvgIpc) is 2.64. The highest BCUT2D eigenvalue weighted by atomic mass is 79.9. The zero-order valence-corrected chi connectivity index (χ0v) is 12.9. The molecule has 0 N–H and O–H groups in total. The number of nitrogens with zero attached hydrogens (tertiary/aromatic N) is 2. The Hall–Kier alpha value is -0.0200. The minimum Gasteiger partial charge on any atom is -0.268 e. The van der Waals surface area contributed by atoms with E-state index in [1.54, 1.807) is 6.20 Å². The van der Waals surface area contributed by atoms with Crippen LogP contribution in [0.2, 0.25) is 5.02 Å². The van der Waals surface area contributed by atoms with Gasteiger partial charge in [-0.2, -0.15) is 5.10 Å². The highest BCUT2D eigenvalue weighted by molar-refractivity contribution is 9.09. The molecule has 17 heavy (non-hydrogen) atoms. The molecule has 0 unspecified atom stereocenters. The molecule has 1 aromatic rings. The normalized spacial score (nSPS) is 11.0. The first kappa shape index (κ1) is 15.0. The molecule has 0 atom stereocenters. The number of aryl methyl sites for hydroxylation is 1. The molecule has 0 fully saturated rings. The quantitative estimate of drug-likeness (QED) is 0.464. The average molecular weight is 322 g/mol. The number of halogens is 2. The molecule has 0 spiro atoms. The van der Waals surface area contributed by atoms with E-state index in [1.165, 1.54) is 44.9 Å². The molecule has 0 saturated heterocycles. The van der Waals surface area contributed by atoms with Crippen LogP contribution in [0.15, 0.2) is 6.20 Å². The van der Waals surface area contributed by atoms with Gasteiger partial charge in [0, 0.05) is 11.9 Å². The maximum Gasteiger partial charge on any atom is 0.0814 e. The molecule has 0 saturated carbocycles. The van der Waals surface area contributed by atoms with Crippen LogP contribution in [-0.2, 0) is 6.54 Å². The Kier molecular flexibility index (Phi) is 7.95. The van der Waals surface area contributed by atoms with E-state index in [-0.39, 0.29) is 0 Å². The van der Waals surface area contributed by atoms with E-state index in [0.717, 1.165) is 22.6 Å². The van der Waals surface area contributed by atoms with Crippen molar-refractivity contribution in [1.29, 1.82) is 0 Å². The van der Waals surface area contributed by atoms with Crippen molar-refractivity contribution in [1.82, 2.24) is 9.78 Å². The fourth-order valence-corrected chi connectivity index (χ4v) is 2.43. The zero-order valence-electron chi connectivity index (χ0n) is 10.6. The summed E-state index contributed by atoms with van der Waals surface area (Å²) in [6, 6.07) is 0. The summed E-state index contributed by atoms with van der Waals surface area (Å²) in [7, 11) is 0. The summed E-state index contributed by atoms with van der Waals surface area (Å²) < 4.78 is 2.01. The van der Waals surface area contributed by atoms with Crippen molar-refractivity contribution >= 4 is 27.5 Å². The Balaban J connectivity index is 1.99. The molecule has 1 rings (SSSR count). The first-order chi connectivity index (χ1) is 8.25. The minimum absolute atomic E-state index is 0.778. The fraction of sp³-hybridized carbons (Fsp3) is 0.769. The smallest absolute Gasteiger partial charge is 0.0814 e. The second-order valence-corrected chi connectivity index (χ2v) is 5.67. The molecule has 0 bridgehead atoms. The summed E-state index contributed by atoms with van der Waals surface area (Å²) in [6.45, 7) is 3.02. The highest BCUT2D eigenvalue weighted by Crippen LogP contribution is 2.14. The van der Waals surface area contributed by atoms with Gasteiger partial charge in [-0.3, -0.25) is 4.68 Å². The summed E-state index contributed by atoms with van der Waals surface area (Å²) in [6.07, 6.45) is 11.0. The zero-order chi connectivity index (χ0) is 12.5. The van der Waals surface area contributed by atoms with E-state index in [2.05, 4.69) is 21.0 Å². The first-order valence-electron chi connectivity index (χ1n) is 6.49. The van der Waals surface area contributed by atoms with E-state index < -0.39 is 0 Å². The van der Waals surface area contributed by atoms with Crippen LogP contribution in [-0.4, -0.2) is 15.1 Å². The third-order valence-electron chi connectivity index (χ3n) is 3.05. The minimum atomic E-state index is 0.778. The van der Waals surface area contributed by atoms with E-state index in [0.29, 0.717) is 0 Å². The van der Waals surface area contributed by atoms with Crippen LogP contribution in [0.5, 0.6) is 0 Å². The number of unbranched alkanes of at least 4 members (excludes halogenated alkanes) is 6. The van der Waals surface area contributed by atoms with Gasteiger partial charge in [0.25, 0.3) is 0 Å². The number of hydrogen-bond donors (Lipinski definition) is 0. The van der Waals surface area contributed by atoms with E-state index in [9.17, 15) is 0 Å². The topological polar surface area (TPSA) is 17.8 Å². The number of aromatic nitrogens is 2. The van der Waals surface area contributed by atoms with Gasteiger partial charge < -0.3 is 0 Å². The summed E-state index contributed by atoms with van der Waals surface area (Å²) in [5.74, 6) is 0. The predicted molar refractivity (Wildman–Crippen MR) is 78.1 cm³/mol. The Labute approximate surface area is 118 Å². The van der Waals surface area contributed by atoms with Gasteiger partial charge in [0.05, 0.1) is 16.9 Å². The second-order valence-electron chi connectivity index (χ2n) is 4.46. The SMILES string of the molecule is Cc1c(Cl)cnn1CCCCCCCCCBr. The van der Waals surface area contributed by atoms with E-state index in [1.807, 2.05) is 11.6 Å². The lowest BCUT2D eigenvalue weighted by Gasteiger charge is -2.04. The third kappa shape index (κ3) is 5.91. The standard InChI is InChI=1S/C13H22BrClN2/c1-12-13(15)11-16-17(12)10-8-6-4-2-3-5-7-9-14/h11H,2-10H2,1H3. The molecule has 0 aromatic carbocycles. The Morgan fingerprint density at radius 2 is 1.71 bits per heavy atom. The van der Waals surface area contributed by atoms with Crippen molar-refractivity contribution in [3.8, 4) is 0 Å². The predicted octanol–water partition coefficient (Wildman–Crippen LogP) is 4.97. The first-order valence-corrected chi connectivity index (χ1v) is 7.99. The molecule has 1 aromatic heterocycles. The van der Waals surface area contributed by atoms with Crippen molar-refractivity contribution in [3.63, 3.8) is 0 Å². The molecule has 0 aliphatic carbocycles. The third-order valence-corrected chi connectivity index (χ3v) is 3.98. The van der Waals surface area contributed by atoms with Gasteiger partial charge in [-0.1, -0.05) is 59.6 Å². The van der Waals surface area contributed by atoms with Crippen molar-refractivity contribution in [2.24, 2.45) is 0 Å². The molecule has 98 valence electrons. The highest BCUT2D eigenvalue weighted by Gasteiger charge is 2.02. The van der Waals surface area contributed by atoms with Gasteiger partial charge in [-0.25, -0.2) is 0 Å². The largest absolute Gasteiger partial charge is 0.268 e. The van der Waals surface area contributed by atoms with Crippen molar-refractivity contribution < 1.29 is 0 Å². The summed E-state index contributed by atoms with van der Waals surface area (Å²) >= 11 is 9.41. The van der Waals surface area contributed by atoms with E-state index in [4.69, 9.17) is 11.6 Å². The maximum atomic E-state index is 5.95. The molecule has 0 aliphatic heterocycles. The van der Waals surface area contributed by atoms with Crippen LogP contribution in [0.3, 0.4) is 0 Å². The molecule has 2 nitrogen and oxygen atoms in total. The van der Waals surface area contributed by atoms with Gasteiger partial charge in [-0.15, -0.1) is 0 Å². The molecule has 1 heterocycles. The Morgan fingerprint density at radius 1 is 1.12 bits per heavy atom.